The van der Waals surface area contributed by atoms with Crippen LogP contribution in [0, 0.1) is 0 Å². The molecule has 128 valence electrons. The maximum atomic E-state index is 12.3. The number of benzene rings is 2. The van der Waals surface area contributed by atoms with E-state index in [1.54, 1.807) is 19.2 Å². The van der Waals surface area contributed by atoms with Crippen molar-refractivity contribution in [2.45, 2.75) is 17.3 Å². The first-order valence-corrected chi connectivity index (χ1v) is 8.52. The first-order chi connectivity index (χ1) is 12.1. The van der Waals surface area contributed by atoms with E-state index < -0.39 is 0 Å². The van der Waals surface area contributed by atoms with E-state index in [4.69, 9.17) is 4.74 Å². The number of nitrogens with zero attached hydrogens (tertiary/aromatic N) is 4. The number of amides is 1. The van der Waals surface area contributed by atoms with Crippen molar-refractivity contribution in [1.29, 1.82) is 0 Å². The Balaban J connectivity index is 1.57. The van der Waals surface area contributed by atoms with Gasteiger partial charge in [0.05, 0.1) is 5.25 Å². The number of carbonyl (C=O) groups is 1. The molecule has 3 aromatic rings. The van der Waals surface area contributed by atoms with E-state index >= 15 is 0 Å². The topological polar surface area (TPSA) is 81.9 Å². The molecule has 0 aliphatic carbocycles. The van der Waals surface area contributed by atoms with E-state index in [1.807, 2.05) is 49.4 Å². The lowest BCUT2D eigenvalue weighted by Crippen LogP contribution is -2.22. The van der Waals surface area contributed by atoms with Crippen LogP contribution in [-0.2, 0) is 11.8 Å². The van der Waals surface area contributed by atoms with E-state index in [2.05, 4.69) is 20.8 Å². The average Bonchev–Trinajstić information content (AvgIpc) is 3.02. The zero-order valence-electron chi connectivity index (χ0n) is 13.8. The minimum Gasteiger partial charge on any atom is -0.457 e. The Kier molecular flexibility index (Phi) is 5.30. The molecule has 0 radical (unpaired) electrons. The van der Waals surface area contributed by atoms with E-state index in [0.717, 1.165) is 5.75 Å². The van der Waals surface area contributed by atoms with Crippen molar-refractivity contribution in [3.63, 3.8) is 0 Å². The molecular formula is C17H17N5O2S. The maximum absolute atomic E-state index is 12.3. The lowest BCUT2D eigenvalue weighted by molar-refractivity contribution is -0.115. The summed E-state index contributed by atoms with van der Waals surface area (Å²) < 4.78 is 7.26. The lowest BCUT2D eigenvalue weighted by Gasteiger charge is -2.11. The summed E-state index contributed by atoms with van der Waals surface area (Å²) in [6.07, 6.45) is 0. The molecule has 0 saturated carbocycles. The zero-order chi connectivity index (χ0) is 17.6. The highest BCUT2D eigenvalue weighted by Gasteiger charge is 2.17. The molecule has 0 saturated heterocycles. The largest absolute Gasteiger partial charge is 0.457 e. The van der Waals surface area contributed by atoms with Crippen LogP contribution in [0.25, 0.3) is 0 Å². The normalized spacial score (nSPS) is 11.8. The molecule has 1 heterocycles. The highest BCUT2D eigenvalue weighted by Crippen LogP contribution is 2.24. The Bertz CT molecular complexity index is 836. The van der Waals surface area contributed by atoms with Gasteiger partial charge in [0.25, 0.3) is 0 Å². The van der Waals surface area contributed by atoms with Gasteiger partial charge in [0.15, 0.2) is 0 Å². The number of ether oxygens (including phenoxy) is 1. The highest BCUT2D eigenvalue weighted by molar-refractivity contribution is 8.00. The number of aryl methyl sites for hydroxylation is 1. The quantitative estimate of drug-likeness (QED) is 0.684. The fraction of sp³-hybridized carbons (Fsp3) is 0.176. The molecule has 0 aliphatic rings. The summed E-state index contributed by atoms with van der Waals surface area (Å²) in [6, 6.07) is 16.8. The van der Waals surface area contributed by atoms with Crippen LogP contribution in [0.15, 0.2) is 59.8 Å². The molecule has 1 aromatic heterocycles. The molecule has 1 amide bonds. The van der Waals surface area contributed by atoms with Crippen LogP contribution in [0.1, 0.15) is 6.92 Å². The molecule has 0 aliphatic heterocycles. The summed E-state index contributed by atoms with van der Waals surface area (Å²) in [7, 11) is 1.73. The van der Waals surface area contributed by atoms with Gasteiger partial charge in [0.1, 0.15) is 11.5 Å². The predicted molar refractivity (Wildman–Crippen MR) is 95.7 cm³/mol. The van der Waals surface area contributed by atoms with Crippen LogP contribution >= 0.6 is 11.8 Å². The summed E-state index contributed by atoms with van der Waals surface area (Å²) in [5.74, 6) is 1.35. The Hall–Kier alpha value is -2.87. The number of carbonyl (C=O) groups excluding carboxylic acids is 1. The predicted octanol–water partition coefficient (Wildman–Crippen LogP) is 3.12. The zero-order valence-corrected chi connectivity index (χ0v) is 14.6. The molecule has 1 N–H and O–H groups in total. The fourth-order valence-electron chi connectivity index (χ4n) is 2.01. The summed E-state index contributed by atoms with van der Waals surface area (Å²) >= 11 is 1.30. The van der Waals surface area contributed by atoms with Crippen LogP contribution < -0.4 is 10.1 Å². The minimum atomic E-state index is -0.329. The van der Waals surface area contributed by atoms with Gasteiger partial charge < -0.3 is 10.1 Å². The molecule has 2 aromatic carbocycles. The van der Waals surface area contributed by atoms with Gasteiger partial charge in [-0.2, -0.15) is 0 Å². The van der Waals surface area contributed by atoms with E-state index in [9.17, 15) is 4.79 Å². The van der Waals surface area contributed by atoms with Crippen molar-refractivity contribution in [3.8, 4) is 11.5 Å². The number of anilines is 1. The third-order valence-electron chi connectivity index (χ3n) is 3.33. The molecule has 7 nitrogen and oxygen atoms in total. The lowest BCUT2D eigenvalue weighted by atomic mass is 10.3. The Morgan fingerprint density at radius 2 is 1.80 bits per heavy atom. The summed E-state index contributed by atoms with van der Waals surface area (Å²) in [6.45, 7) is 1.81. The first kappa shape index (κ1) is 17.0. The van der Waals surface area contributed by atoms with Crippen LogP contribution in [0.3, 0.4) is 0 Å². The molecule has 0 spiro atoms. The number of nitrogens with one attached hydrogen (secondary N) is 1. The SMILES string of the molecule is C[C@H](Sc1nnnn1C)C(=O)Nc1ccc(Oc2ccccc2)cc1. The smallest absolute Gasteiger partial charge is 0.237 e. The van der Waals surface area contributed by atoms with Crippen molar-refractivity contribution in [2.24, 2.45) is 7.05 Å². The van der Waals surface area contributed by atoms with Crippen LogP contribution in [0.5, 0.6) is 11.5 Å². The monoisotopic (exact) mass is 355 g/mol. The number of hydrogen-bond donors (Lipinski definition) is 1. The highest BCUT2D eigenvalue weighted by atomic mass is 32.2. The van der Waals surface area contributed by atoms with Crippen LogP contribution in [0.2, 0.25) is 0 Å². The summed E-state index contributed by atoms with van der Waals surface area (Å²) in [5, 5.41) is 14.3. The summed E-state index contributed by atoms with van der Waals surface area (Å²) in [5.41, 5.74) is 0.703. The Labute approximate surface area is 149 Å². The van der Waals surface area contributed by atoms with Gasteiger partial charge >= 0.3 is 0 Å². The van der Waals surface area contributed by atoms with Crippen LogP contribution in [0.4, 0.5) is 5.69 Å². The van der Waals surface area contributed by atoms with E-state index in [1.165, 1.54) is 16.4 Å². The van der Waals surface area contributed by atoms with Crippen molar-refractivity contribution in [1.82, 2.24) is 20.2 Å². The van der Waals surface area contributed by atoms with E-state index in [0.29, 0.717) is 16.6 Å². The van der Waals surface area contributed by atoms with Gasteiger partial charge in [-0.05, 0) is 53.7 Å². The number of rotatable bonds is 6. The van der Waals surface area contributed by atoms with Crippen LogP contribution in [-0.4, -0.2) is 31.4 Å². The fourth-order valence-corrected chi connectivity index (χ4v) is 2.76. The third kappa shape index (κ3) is 4.57. The molecule has 8 heteroatoms. The number of thioether (sulfide) groups is 1. The second-order valence-electron chi connectivity index (χ2n) is 5.27. The Morgan fingerprint density at radius 3 is 2.44 bits per heavy atom. The molecular weight excluding hydrogens is 338 g/mol. The molecule has 0 bridgehead atoms. The van der Waals surface area contributed by atoms with Gasteiger partial charge in [-0.1, -0.05) is 30.0 Å². The standard InChI is InChI=1S/C17H17N5O2S/c1-12(25-17-19-20-21-22(17)2)16(23)18-13-8-10-15(11-9-13)24-14-6-4-3-5-7-14/h3-12H,1-2H3,(H,18,23)/t12-/m0/s1. The second-order valence-corrected chi connectivity index (χ2v) is 6.58. The third-order valence-corrected chi connectivity index (χ3v) is 4.46. The van der Waals surface area contributed by atoms with Crippen molar-refractivity contribution >= 4 is 23.4 Å². The number of tetrazole rings is 1. The molecule has 3 rings (SSSR count). The van der Waals surface area contributed by atoms with Crippen molar-refractivity contribution in [3.05, 3.63) is 54.6 Å². The van der Waals surface area contributed by atoms with Gasteiger partial charge in [-0.15, -0.1) is 5.10 Å². The first-order valence-electron chi connectivity index (χ1n) is 7.64. The second kappa shape index (κ2) is 7.80. The average molecular weight is 355 g/mol. The molecule has 0 unspecified atom stereocenters. The Morgan fingerprint density at radius 1 is 1.12 bits per heavy atom. The molecule has 25 heavy (non-hydrogen) atoms. The van der Waals surface area contributed by atoms with Gasteiger partial charge in [0.2, 0.25) is 11.1 Å². The van der Waals surface area contributed by atoms with E-state index in [-0.39, 0.29) is 11.2 Å². The minimum absolute atomic E-state index is 0.121. The van der Waals surface area contributed by atoms with Gasteiger partial charge in [-0.3, -0.25) is 4.79 Å². The molecule has 0 fully saturated rings. The van der Waals surface area contributed by atoms with Gasteiger partial charge in [-0.25, -0.2) is 4.68 Å². The van der Waals surface area contributed by atoms with Crippen molar-refractivity contribution in [2.75, 3.05) is 5.32 Å². The number of para-hydroxylation sites is 1. The van der Waals surface area contributed by atoms with Crippen molar-refractivity contribution < 1.29 is 9.53 Å². The molecule has 1 atom stereocenters. The summed E-state index contributed by atoms with van der Waals surface area (Å²) in [4.78, 5) is 12.3. The number of aromatic nitrogens is 4. The maximum Gasteiger partial charge on any atom is 0.237 e. The van der Waals surface area contributed by atoms with Gasteiger partial charge in [0, 0.05) is 12.7 Å². The number of hydrogen-bond acceptors (Lipinski definition) is 6.